The van der Waals surface area contributed by atoms with E-state index in [0.29, 0.717) is 17.8 Å². The maximum absolute atomic E-state index is 12.8. The van der Waals surface area contributed by atoms with Crippen molar-refractivity contribution in [3.8, 4) is 0 Å². The Bertz CT molecular complexity index is 725. The Morgan fingerprint density at radius 3 is 2.46 bits per heavy atom. The molecule has 3 fully saturated rings. The van der Waals surface area contributed by atoms with Crippen molar-refractivity contribution in [2.75, 3.05) is 31.1 Å². The van der Waals surface area contributed by atoms with E-state index in [2.05, 4.69) is 5.32 Å². The summed E-state index contributed by atoms with van der Waals surface area (Å²) in [6.07, 6.45) is 5.09. The van der Waals surface area contributed by atoms with Gasteiger partial charge in [0, 0.05) is 30.9 Å². The lowest BCUT2D eigenvalue weighted by Gasteiger charge is -2.27. The van der Waals surface area contributed by atoms with Gasteiger partial charge in [-0.25, -0.2) is 4.79 Å². The van der Waals surface area contributed by atoms with E-state index in [1.807, 2.05) is 4.90 Å². The summed E-state index contributed by atoms with van der Waals surface area (Å²) in [6, 6.07) is 6.44. The van der Waals surface area contributed by atoms with Crippen LogP contribution < -0.4 is 10.2 Å². The zero-order chi connectivity index (χ0) is 18.1. The van der Waals surface area contributed by atoms with Crippen molar-refractivity contribution in [1.29, 1.82) is 0 Å². The fraction of sp³-hybridized carbons (Fsp3) is 0.526. The number of carbonyl (C=O) groups is 3. The van der Waals surface area contributed by atoms with Crippen LogP contribution in [0.1, 0.15) is 42.5 Å². The van der Waals surface area contributed by atoms with Crippen molar-refractivity contribution in [2.45, 2.75) is 37.7 Å². The molecule has 1 N–H and O–H groups in total. The van der Waals surface area contributed by atoms with E-state index in [0.717, 1.165) is 45.3 Å². The smallest absolute Gasteiger partial charge is 0.329 e. The van der Waals surface area contributed by atoms with Crippen LogP contribution >= 0.6 is 0 Å². The number of nitrogens with one attached hydrogen (secondary N) is 1. The third-order valence-electron chi connectivity index (χ3n) is 5.59. The molecule has 4 rings (SSSR count). The molecule has 1 aromatic carbocycles. The van der Waals surface area contributed by atoms with E-state index >= 15 is 0 Å². The molecular weight excluding hydrogens is 334 g/mol. The molecule has 3 aliphatic rings. The van der Waals surface area contributed by atoms with Gasteiger partial charge in [-0.1, -0.05) is 0 Å². The molecule has 0 aromatic heterocycles. The number of carbonyl (C=O) groups excluding carboxylic acids is 3. The van der Waals surface area contributed by atoms with Crippen LogP contribution in [0.2, 0.25) is 0 Å². The van der Waals surface area contributed by atoms with Crippen LogP contribution in [0.4, 0.5) is 10.5 Å². The van der Waals surface area contributed by atoms with E-state index in [9.17, 15) is 14.4 Å². The van der Waals surface area contributed by atoms with Crippen LogP contribution in [-0.4, -0.2) is 54.6 Å². The Balaban J connectivity index is 1.43. The summed E-state index contributed by atoms with van der Waals surface area (Å²) in [6.45, 7) is 2.31. The molecule has 7 nitrogen and oxygen atoms in total. The largest absolute Gasteiger partial charge is 0.375 e. The monoisotopic (exact) mass is 357 g/mol. The first-order valence-corrected chi connectivity index (χ1v) is 9.21. The molecule has 26 heavy (non-hydrogen) atoms. The van der Waals surface area contributed by atoms with Crippen molar-refractivity contribution in [1.82, 2.24) is 10.2 Å². The molecular formula is C19H23N3O4. The first-order chi connectivity index (χ1) is 12.6. The van der Waals surface area contributed by atoms with Crippen molar-refractivity contribution in [3.63, 3.8) is 0 Å². The minimum absolute atomic E-state index is 0.00791. The molecule has 0 saturated carbocycles. The van der Waals surface area contributed by atoms with Gasteiger partial charge in [0.1, 0.15) is 6.54 Å². The Hall–Kier alpha value is -2.41. The van der Waals surface area contributed by atoms with Crippen LogP contribution in [0.15, 0.2) is 24.3 Å². The third-order valence-corrected chi connectivity index (χ3v) is 5.59. The summed E-state index contributed by atoms with van der Waals surface area (Å²) in [7, 11) is 0. The highest BCUT2D eigenvalue weighted by molar-refractivity contribution is 6.12. The fourth-order valence-electron chi connectivity index (χ4n) is 4.14. The molecule has 0 aliphatic carbocycles. The van der Waals surface area contributed by atoms with E-state index in [-0.39, 0.29) is 24.0 Å². The summed E-state index contributed by atoms with van der Waals surface area (Å²) < 4.78 is 5.98. The van der Waals surface area contributed by atoms with Crippen molar-refractivity contribution >= 4 is 23.5 Å². The Morgan fingerprint density at radius 2 is 1.81 bits per heavy atom. The quantitative estimate of drug-likeness (QED) is 0.820. The first-order valence-electron chi connectivity index (χ1n) is 9.21. The number of anilines is 1. The Labute approximate surface area is 152 Å². The number of rotatable bonds is 2. The highest BCUT2D eigenvalue weighted by Gasteiger charge is 2.37. The average Bonchev–Trinajstić information content (AvgIpc) is 3.16. The van der Waals surface area contributed by atoms with Crippen molar-refractivity contribution in [2.24, 2.45) is 0 Å². The van der Waals surface area contributed by atoms with Crippen LogP contribution in [0.3, 0.4) is 0 Å². The van der Waals surface area contributed by atoms with Gasteiger partial charge in [-0.05, 0) is 56.4 Å². The Morgan fingerprint density at radius 1 is 1.04 bits per heavy atom. The number of hydrogen-bond acceptors (Lipinski definition) is 4. The lowest BCUT2D eigenvalue weighted by atomic mass is 9.92. The highest BCUT2D eigenvalue weighted by atomic mass is 16.5. The average molecular weight is 357 g/mol. The van der Waals surface area contributed by atoms with Gasteiger partial charge >= 0.3 is 6.03 Å². The number of hydrogen-bond donors (Lipinski definition) is 1. The predicted octanol–water partition coefficient (Wildman–Crippen LogP) is 1.92. The second-order valence-corrected chi connectivity index (χ2v) is 7.27. The van der Waals surface area contributed by atoms with Gasteiger partial charge in [-0.2, -0.15) is 0 Å². The molecule has 3 heterocycles. The van der Waals surface area contributed by atoms with Gasteiger partial charge in [-0.3, -0.25) is 19.8 Å². The SMILES string of the molecule is O=C1CN(c2ccc(C(=O)N3CCC[C@]4(CCCO4)CC3)cc2)C(=O)N1. The van der Waals surface area contributed by atoms with Gasteiger partial charge in [-0.15, -0.1) is 0 Å². The Kier molecular flexibility index (Phi) is 4.40. The summed E-state index contributed by atoms with van der Waals surface area (Å²) in [5, 5.41) is 2.25. The van der Waals surface area contributed by atoms with Gasteiger partial charge in [0.2, 0.25) is 5.91 Å². The minimum atomic E-state index is -0.427. The zero-order valence-corrected chi connectivity index (χ0v) is 14.7. The normalized spacial score (nSPS) is 26.3. The maximum Gasteiger partial charge on any atom is 0.329 e. The molecule has 3 saturated heterocycles. The third kappa shape index (κ3) is 3.19. The molecule has 138 valence electrons. The first kappa shape index (κ1) is 17.0. The number of urea groups is 1. The van der Waals surface area contributed by atoms with Crippen molar-refractivity contribution < 1.29 is 19.1 Å². The van der Waals surface area contributed by atoms with Gasteiger partial charge < -0.3 is 9.64 Å². The van der Waals surface area contributed by atoms with Gasteiger partial charge in [0.25, 0.3) is 5.91 Å². The number of amides is 4. The number of ether oxygens (including phenoxy) is 1. The number of imide groups is 1. The van der Waals surface area contributed by atoms with Crippen LogP contribution in [0.25, 0.3) is 0 Å². The van der Waals surface area contributed by atoms with E-state index in [4.69, 9.17) is 4.74 Å². The standard InChI is InChI=1S/C19H23N3O4/c23-16-13-22(18(25)20-16)15-5-3-14(4-6-15)17(24)21-10-1-7-19(9-11-21)8-2-12-26-19/h3-6H,1-2,7-13H2,(H,20,23,25)/t19-/m0/s1. The zero-order valence-electron chi connectivity index (χ0n) is 14.7. The number of likely N-dealkylation sites (tertiary alicyclic amines) is 1. The van der Waals surface area contributed by atoms with Crippen LogP contribution in [0.5, 0.6) is 0 Å². The molecule has 1 spiro atoms. The number of nitrogens with zero attached hydrogens (tertiary/aromatic N) is 2. The summed E-state index contributed by atoms with van der Waals surface area (Å²) in [4.78, 5) is 39.1. The molecule has 1 atom stereocenters. The lowest BCUT2D eigenvalue weighted by molar-refractivity contribution is -0.117. The summed E-state index contributed by atoms with van der Waals surface area (Å²) in [5.74, 6) is -0.309. The topological polar surface area (TPSA) is 79.0 Å². The van der Waals surface area contributed by atoms with Gasteiger partial charge in [0.05, 0.1) is 5.60 Å². The molecule has 3 aliphatic heterocycles. The maximum atomic E-state index is 12.8. The fourth-order valence-corrected chi connectivity index (χ4v) is 4.14. The van der Waals surface area contributed by atoms with Crippen LogP contribution in [-0.2, 0) is 9.53 Å². The van der Waals surface area contributed by atoms with E-state index in [1.165, 1.54) is 4.90 Å². The summed E-state index contributed by atoms with van der Waals surface area (Å²) >= 11 is 0. The second kappa shape index (κ2) is 6.72. The van der Waals surface area contributed by atoms with E-state index in [1.54, 1.807) is 24.3 Å². The number of benzene rings is 1. The second-order valence-electron chi connectivity index (χ2n) is 7.27. The van der Waals surface area contributed by atoms with Crippen molar-refractivity contribution in [3.05, 3.63) is 29.8 Å². The van der Waals surface area contributed by atoms with E-state index < -0.39 is 6.03 Å². The van der Waals surface area contributed by atoms with Gasteiger partial charge in [0.15, 0.2) is 0 Å². The molecule has 1 aromatic rings. The molecule has 7 heteroatoms. The predicted molar refractivity (Wildman–Crippen MR) is 95.0 cm³/mol. The minimum Gasteiger partial charge on any atom is -0.375 e. The molecule has 0 unspecified atom stereocenters. The highest BCUT2D eigenvalue weighted by Crippen LogP contribution is 2.35. The van der Waals surface area contributed by atoms with Crippen LogP contribution in [0, 0.1) is 0 Å². The molecule has 4 amide bonds. The molecule has 0 radical (unpaired) electrons. The summed E-state index contributed by atoms with van der Waals surface area (Å²) in [5.41, 5.74) is 1.19. The lowest BCUT2D eigenvalue weighted by Crippen LogP contribution is -2.34. The molecule has 0 bridgehead atoms.